The van der Waals surface area contributed by atoms with Crippen molar-refractivity contribution in [3.05, 3.63) is 28.3 Å². The first-order valence-electron chi connectivity index (χ1n) is 6.88. The van der Waals surface area contributed by atoms with Crippen molar-refractivity contribution in [3.8, 4) is 5.75 Å². The van der Waals surface area contributed by atoms with E-state index in [2.05, 4.69) is 11.9 Å². The summed E-state index contributed by atoms with van der Waals surface area (Å²) in [6.07, 6.45) is 6.20. The molecule has 0 unspecified atom stereocenters. The first kappa shape index (κ1) is 12.3. The summed E-state index contributed by atoms with van der Waals surface area (Å²) in [4.78, 5) is 2.49. The Balaban J connectivity index is 2.06. The van der Waals surface area contributed by atoms with Crippen LogP contribution in [0, 0.1) is 0 Å². The third-order valence-corrected chi connectivity index (χ3v) is 4.94. The first-order chi connectivity index (χ1) is 8.66. The second-order valence-corrected chi connectivity index (χ2v) is 6.10. The lowest BCUT2D eigenvalue weighted by atomic mass is 9.78. The van der Waals surface area contributed by atoms with Gasteiger partial charge >= 0.3 is 0 Å². The lowest BCUT2D eigenvalue weighted by molar-refractivity contribution is 0.177. The molecule has 2 aliphatic rings. The number of halogens is 1. The summed E-state index contributed by atoms with van der Waals surface area (Å²) < 4.78 is 0. The summed E-state index contributed by atoms with van der Waals surface area (Å²) in [5.74, 6) is 0.814. The van der Waals surface area contributed by atoms with Crippen molar-refractivity contribution < 1.29 is 5.11 Å². The molecule has 0 amide bonds. The van der Waals surface area contributed by atoms with Crippen molar-refractivity contribution in [2.24, 2.45) is 0 Å². The number of benzene rings is 1. The van der Waals surface area contributed by atoms with Gasteiger partial charge in [-0.2, -0.15) is 0 Å². The predicted molar refractivity (Wildman–Crippen MR) is 74.4 cm³/mol. The fourth-order valence-electron chi connectivity index (χ4n) is 3.65. The van der Waals surface area contributed by atoms with E-state index in [0.717, 1.165) is 13.0 Å². The van der Waals surface area contributed by atoms with Gasteiger partial charge in [-0.25, -0.2) is 0 Å². The summed E-state index contributed by atoms with van der Waals surface area (Å²) in [7, 11) is 2.23. The monoisotopic (exact) mass is 265 g/mol. The Kier molecular flexibility index (Phi) is 3.25. The predicted octanol–water partition coefficient (Wildman–Crippen LogP) is 3.56. The highest BCUT2D eigenvalue weighted by Crippen LogP contribution is 2.42. The van der Waals surface area contributed by atoms with Crippen molar-refractivity contribution in [1.82, 2.24) is 4.90 Å². The molecular weight excluding hydrogens is 246 g/mol. The molecule has 2 nitrogen and oxygen atoms in total. The number of phenols is 1. The van der Waals surface area contributed by atoms with Gasteiger partial charge < -0.3 is 10.0 Å². The van der Waals surface area contributed by atoms with Crippen molar-refractivity contribution in [1.29, 1.82) is 0 Å². The van der Waals surface area contributed by atoms with Gasteiger partial charge in [0.2, 0.25) is 0 Å². The Morgan fingerprint density at radius 1 is 1.28 bits per heavy atom. The molecule has 1 fully saturated rings. The molecule has 1 aliphatic carbocycles. The molecule has 3 rings (SSSR count). The fraction of sp³-hybridized carbons (Fsp3) is 0.600. The van der Waals surface area contributed by atoms with Crippen LogP contribution in [-0.4, -0.2) is 29.6 Å². The highest BCUT2D eigenvalue weighted by atomic mass is 35.5. The van der Waals surface area contributed by atoms with Crippen LogP contribution < -0.4 is 0 Å². The zero-order valence-electron chi connectivity index (χ0n) is 10.8. The maximum Gasteiger partial charge on any atom is 0.134 e. The van der Waals surface area contributed by atoms with E-state index < -0.39 is 0 Å². The largest absolute Gasteiger partial charge is 0.506 e. The van der Waals surface area contributed by atoms with Gasteiger partial charge in [-0.05, 0) is 55.5 Å². The summed E-state index contributed by atoms with van der Waals surface area (Å²) in [5, 5.41) is 10.4. The SMILES string of the molecule is CN1CCc2cc(Cl)c(O)cc2[C@H]2CCCC[C@@H]21. The van der Waals surface area contributed by atoms with Gasteiger partial charge in [0.25, 0.3) is 0 Å². The normalized spacial score (nSPS) is 28.3. The molecule has 0 saturated heterocycles. The molecule has 0 spiro atoms. The van der Waals surface area contributed by atoms with Gasteiger partial charge in [0, 0.05) is 12.6 Å². The van der Waals surface area contributed by atoms with Gasteiger partial charge in [0.15, 0.2) is 0 Å². The Hall–Kier alpha value is -0.730. The van der Waals surface area contributed by atoms with Crippen LogP contribution >= 0.6 is 11.6 Å². The average Bonchev–Trinajstić information content (AvgIpc) is 2.51. The van der Waals surface area contributed by atoms with Crippen molar-refractivity contribution in [2.45, 2.75) is 44.1 Å². The van der Waals surface area contributed by atoms with Gasteiger partial charge in [-0.3, -0.25) is 0 Å². The second kappa shape index (κ2) is 4.75. The van der Waals surface area contributed by atoms with E-state index in [4.69, 9.17) is 11.6 Å². The van der Waals surface area contributed by atoms with E-state index in [1.165, 1.54) is 36.8 Å². The van der Waals surface area contributed by atoms with Gasteiger partial charge in [0.05, 0.1) is 5.02 Å². The third kappa shape index (κ3) is 2.02. The lowest BCUT2D eigenvalue weighted by Crippen LogP contribution is -2.38. The van der Waals surface area contributed by atoms with Crippen molar-refractivity contribution in [2.75, 3.05) is 13.6 Å². The van der Waals surface area contributed by atoms with Crippen LogP contribution in [0.3, 0.4) is 0 Å². The number of phenolic OH excluding ortho intramolecular Hbond substituents is 1. The van der Waals surface area contributed by atoms with Crippen LogP contribution in [0.15, 0.2) is 12.1 Å². The number of nitrogens with zero attached hydrogens (tertiary/aromatic N) is 1. The second-order valence-electron chi connectivity index (χ2n) is 5.69. The Bertz CT molecular complexity index is 460. The quantitative estimate of drug-likeness (QED) is 0.775. The molecule has 0 radical (unpaired) electrons. The molecule has 1 saturated carbocycles. The molecule has 2 atom stereocenters. The molecule has 1 aromatic rings. The number of aromatic hydroxyl groups is 1. The van der Waals surface area contributed by atoms with Gasteiger partial charge in [0.1, 0.15) is 5.75 Å². The van der Waals surface area contributed by atoms with Crippen molar-refractivity contribution >= 4 is 11.6 Å². The Morgan fingerprint density at radius 3 is 2.89 bits per heavy atom. The van der Waals surface area contributed by atoms with Crippen LogP contribution in [0.5, 0.6) is 5.75 Å². The van der Waals surface area contributed by atoms with Crippen LogP contribution in [0.25, 0.3) is 0 Å². The van der Waals surface area contributed by atoms with Crippen LogP contribution in [0.2, 0.25) is 5.02 Å². The minimum absolute atomic E-state index is 0.240. The van der Waals surface area contributed by atoms with Crippen LogP contribution in [0.4, 0.5) is 0 Å². The van der Waals surface area contributed by atoms with Crippen LogP contribution in [-0.2, 0) is 6.42 Å². The van der Waals surface area contributed by atoms with E-state index >= 15 is 0 Å². The summed E-state index contributed by atoms with van der Waals surface area (Å²) in [6.45, 7) is 1.09. The molecule has 1 aromatic carbocycles. The maximum atomic E-state index is 9.88. The molecule has 98 valence electrons. The van der Waals surface area contributed by atoms with Gasteiger partial charge in [-0.15, -0.1) is 0 Å². The third-order valence-electron chi connectivity index (χ3n) is 4.64. The Morgan fingerprint density at radius 2 is 2.06 bits per heavy atom. The zero-order chi connectivity index (χ0) is 12.7. The number of likely N-dealkylation sites (N-methyl/N-ethyl adjacent to an activating group) is 1. The molecule has 1 aliphatic heterocycles. The highest BCUT2D eigenvalue weighted by molar-refractivity contribution is 6.32. The summed E-state index contributed by atoms with van der Waals surface area (Å²) in [6, 6.07) is 4.53. The standard InChI is InChI=1S/C15H20ClNO/c1-17-7-6-10-8-13(16)15(18)9-12(10)11-4-2-3-5-14(11)17/h8-9,11,14,18H,2-7H2,1H3/t11-,14+/m1/s1. The van der Waals surface area contributed by atoms with E-state index in [9.17, 15) is 5.11 Å². The molecule has 0 bridgehead atoms. The molecule has 1 heterocycles. The number of fused-ring (bicyclic) bond motifs is 3. The molecule has 1 N–H and O–H groups in total. The van der Waals surface area contributed by atoms with E-state index in [0.29, 0.717) is 17.0 Å². The minimum atomic E-state index is 0.240. The lowest BCUT2D eigenvalue weighted by Gasteiger charge is -2.36. The van der Waals surface area contributed by atoms with Crippen LogP contribution in [0.1, 0.15) is 42.7 Å². The minimum Gasteiger partial charge on any atom is -0.506 e. The number of rotatable bonds is 0. The van der Waals surface area contributed by atoms with E-state index in [1.54, 1.807) is 0 Å². The summed E-state index contributed by atoms with van der Waals surface area (Å²) >= 11 is 6.05. The molecule has 3 heteroatoms. The topological polar surface area (TPSA) is 23.5 Å². The highest BCUT2D eigenvalue weighted by Gasteiger charge is 2.33. The molecule has 18 heavy (non-hydrogen) atoms. The van der Waals surface area contributed by atoms with E-state index in [-0.39, 0.29) is 5.75 Å². The number of hydrogen-bond donors (Lipinski definition) is 1. The fourth-order valence-corrected chi connectivity index (χ4v) is 3.83. The first-order valence-corrected chi connectivity index (χ1v) is 7.26. The molecule has 0 aromatic heterocycles. The van der Waals surface area contributed by atoms with E-state index in [1.807, 2.05) is 12.1 Å². The smallest absolute Gasteiger partial charge is 0.134 e. The average molecular weight is 266 g/mol. The number of hydrogen-bond acceptors (Lipinski definition) is 2. The maximum absolute atomic E-state index is 9.88. The van der Waals surface area contributed by atoms with Gasteiger partial charge in [-0.1, -0.05) is 24.4 Å². The molecular formula is C15H20ClNO. The Labute approximate surface area is 114 Å². The van der Waals surface area contributed by atoms with Crippen molar-refractivity contribution in [3.63, 3.8) is 0 Å². The summed E-state index contributed by atoms with van der Waals surface area (Å²) in [5.41, 5.74) is 2.67. The zero-order valence-corrected chi connectivity index (χ0v) is 11.6.